The molecule has 0 saturated carbocycles. The number of hydrogen-bond donors (Lipinski definition) is 1. The zero-order valence-corrected chi connectivity index (χ0v) is 14.4. The van der Waals surface area contributed by atoms with Crippen LogP contribution in [0.4, 0.5) is 0 Å². The summed E-state index contributed by atoms with van der Waals surface area (Å²) in [6.07, 6.45) is 0. The average molecular weight is 354 g/mol. The van der Waals surface area contributed by atoms with Gasteiger partial charge in [0.1, 0.15) is 5.92 Å². The summed E-state index contributed by atoms with van der Waals surface area (Å²) < 4.78 is 0. The van der Waals surface area contributed by atoms with E-state index in [4.69, 9.17) is 23.2 Å². The molecule has 0 aliphatic heterocycles. The van der Waals surface area contributed by atoms with Gasteiger partial charge in [0.15, 0.2) is 0 Å². The van der Waals surface area contributed by atoms with Gasteiger partial charge in [-0.15, -0.1) is 0 Å². The highest BCUT2D eigenvalue weighted by atomic mass is 35.5. The number of nitrogens with one attached hydrogen (secondary N) is 1. The fraction of sp³-hybridized carbons (Fsp3) is 0.158. The molecule has 1 atom stereocenters. The van der Waals surface area contributed by atoms with E-state index in [-0.39, 0.29) is 0 Å². The maximum Gasteiger partial charge on any atom is 0.144 e. The van der Waals surface area contributed by atoms with Crippen molar-refractivity contribution in [1.29, 1.82) is 10.5 Å². The Kier molecular flexibility index (Phi) is 4.49. The highest BCUT2D eigenvalue weighted by Gasteiger charge is 2.30. The molecule has 2 aromatic carbocycles. The van der Waals surface area contributed by atoms with Gasteiger partial charge in [-0.3, -0.25) is 0 Å². The van der Waals surface area contributed by atoms with Crippen molar-refractivity contribution in [2.75, 3.05) is 0 Å². The fourth-order valence-corrected chi connectivity index (χ4v) is 3.66. The normalized spacial score (nSPS) is 12.1. The molecule has 0 bridgehead atoms. The SMILES string of the molecule is Cc1[nH]c2ccccc2c1[C@@H](c1ccc(Cl)cc1Cl)C(C#N)C#N. The second kappa shape index (κ2) is 6.57. The van der Waals surface area contributed by atoms with Crippen LogP contribution in [0.5, 0.6) is 0 Å². The van der Waals surface area contributed by atoms with Gasteiger partial charge in [0.25, 0.3) is 0 Å². The molecular weight excluding hydrogens is 341 g/mol. The van der Waals surface area contributed by atoms with Crippen LogP contribution >= 0.6 is 23.2 Å². The van der Waals surface area contributed by atoms with Crippen LogP contribution in [0.1, 0.15) is 22.7 Å². The maximum atomic E-state index is 9.51. The average Bonchev–Trinajstić information content (AvgIpc) is 2.89. The number of nitrogens with zero attached hydrogens (tertiary/aromatic N) is 2. The Labute approximate surface area is 150 Å². The van der Waals surface area contributed by atoms with Crippen LogP contribution in [-0.2, 0) is 0 Å². The number of nitriles is 2. The lowest BCUT2D eigenvalue weighted by Crippen LogP contribution is -2.13. The number of hydrogen-bond acceptors (Lipinski definition) is 2. The molecule has 0 unspecified atom stereocenters. The van der Waals surface area contributed by atoms with Gasteiger partial charge in [-0.2, -0.15) is 10.5 Å². The molecule has 118 valence electrons. The lowest BCUT2D eigenvalue weighted by Gasteiger charge is -2.20. The largest absolute Gasteiger partial charge is 0.358 e. The van der Waals surface area contributed by atoms with Crippen molar-refractivity contribution in [3.63, 3.8) is 0 Å². The number of benzene rings is 2. The minimum atomic E-state index is -0.860. The van der Waals surface area contributed by atoms with Crippen molar-refractivity contribution >= 4 is 34.1 Å². The number of rotatable bonds is 3. The standard InChI is InChI=1S/C19H13Cl2N3/c1-11-18(15-4-2-3-5-17(15)24-11)19(12(9-22)10-23)14-7-6-13(20)8-16(14)21/h2-8,12,19,24H,1H3/t19-/m1/s1. The summed E-state index contributed by atoms with van der Waals surface area (Å²) in [5.74, 6) is -1.32. The summed E-state index contributed by atoms with van der Waals surface area (Å²) in [7, 11) is 0. The van der Waals surface area contributed by atoms with Crippen molar-refractivity contribution in [3.05, 3.63) is 69.3 Å². The molecule has 3 nitrogen and oxygen atoms in total. The first-order valence-electron chi connectivity index (χ1n) is 7.38. The van der Waals surface area contributed by atoms with E-state index in [1.807, 2.05) is 31.2 Å². The lowest BCUT2D eigenvalue weighted by molar-refractivity contribution is 0.709. The predicted octanol–water partition coefficient (Wildman–Crippen LogP) is 5.58. The Bertz CT molecular complexity index is 978. The van der Waals surface area contributed by atoms with Gasteiger partial charge < -0.3 is 4.98 Å². The monoisotopic (exact) mass is 353 g/mol. The van der Waals surface area contributed by atoms with Gasteiger partial charge in [0, 0.05) is 32.6 Å². The van der Waals surface area contributed by atoms with E-state index in [1.54, 1.807) is 18.2 Å². The molecule has 0 spiro atoms. The summed E-state index contributed by atoms with van der Waals surface area (Å²) in [6, 6.07) is 17.2. The van der Waals surface area contributed by atoms with E-state index in [1.165, 1.54) is 0 Å². The van der Waals surface area contributed by atoms with E-state index >= 15 is 0 Å². The number of aryl methyl sites for hydroxylation is 1. The third-order valence-electron chi connectivity index (χ3n) is 4.16. The first kappa shape index (κ1) is 16.4. The van der Waals surface area contributed by atoms with Gasteiger partial charge in [-0.1, -0.05) is 47.5 Å². The van der Waals surface area contributed by atoms with E-state index < -0.39 is 11.8 Å². The molecule has 24 heavy (non-hydrogen) atoms. The quantitative estimate of drug-likeness (QED) is 0.667. The molecule has 1 heterocycles. The molecule has 0 amide bonds. The van der Waals surface area contributed by atoms with Gasteiger partial charge in [0.05, 0.1) is 12.1 Å². The summed E-state index contributed by atoms with van der Waals surface area (Å²) >= 11 is 12.4. The molecule has 3 rings (SSSR count). The third kappa shape index (κ3) is 2.74. The Morgan fingerprint density at radius 1 is 1.04 bits per heavy atom. The van der Waals surface area contributed by atoms with Crippen LogP contribution in [0.15, 0.2) is 42.5 Å². The Morgan fingerprint density at radius 2 is 1.75 bits per heavy atom. The maximum absolute atomic E-state index is 9.51. The number of aromatic amines is 1. The van der Waals surface area contributed by atoms with Crippen molar-refractivity contribution in [3.8, 4) is 12.1 Å². The smallest absolute Gasteiger partial charge is 0.144 e. The molecule has 1 aromatic heterocycles. The van der Waals surface area contributed by atoms with Gasteiger partial charge in [0.2, 0.25) is 0 Å². The lowest BCUT2D eigenvalue weighted by atomic mass is 9.80. The second-order valence-electron chi connectivity index (χ2n) is 5.59. The third-order valence-corrected chi connectivity index (χ3v) is 4.73. The molecule has 0 radical (unpaired) electrons. The first-order chi connectivity index (χ1) is 11.6. The number of fused-ring (bicyclic) bond motifs is 1. The van der Waals surface area contributed by atoms with Crippen molar-refractivity contribution in [2.24, 2.45) is 5.92 Å². The van der Waals surface area contributed by atoms with E-state index in [9.17, 15) is 10.5 Å². The summed E-state index contributed by atoms with van der Waals surface area (Å²) in [5.41, 5.74) is 3.53. The molecule has 0 aliphatic rings. The number of aromatic nitrogens is 1. The highest BCUT2D eigenvalue weighted by molar-refractivity contribution is 6.35. The van der Waals surface area contributed by atoms with Gasteiger partial charge in [-0.05, 0) is 36.2 Å². The number of para-hydroxylation sites is 1. The molecule has 3 aromatic rings. The van der Waals surface area contributed by atoms with E-state index in [0.29, 0.717) is 10.0 Å². The number of H-pyrrole nitrogens is 1. The molecular formula is C19H13Cl2N3. The van der Waals surface area contributed by atoms with Crippen LogP contribution < -0.4 is 0 Å². The first-order valence-corrected chi connectivity index (χ1v) is 8.13. The minimum Gasteiger partial charge on any atom is -0.358 e. The zero-order valence-electron chi connectivity index (χ0n) is 12.8. The summed E-state index contributed by atoms with van der Waals surface area (Å²) in [5, 5.41) is 21.0. The van der Waals surface area contributed by atoms with Gasteiger partial charge in [-0.25, -0.2) is 0 Å². The fourth-order valence-electron chi connectivity index (χ4n) is 3.13. The topological polar surface area (TPSA) is 63.4 Å². The predicted molar refractivity (Wildman–Crippen MR) is 96.1 cm³/mol. The van der Waals surface area contributed by atoms with Crippen LogP contribution in [0.25, 0.3) is 10.9 Å². The summed E-state index contributed by atoms with van der Waals surface area (Å²) in [4.78, 5) is 3.32. The van der Waals surface area contributed by atoms with Crippen LogP contribution in [0, 0.1) is 35.5 Å². The van der Waals surface area contributed by atoms with Crippen molar-refractivity contribution in [2.45, 2.75) is 12.8 Å². The Balaban J connectivity index is 2.31. The molecule has 5 heteroatoms. The summed E-state index contributed by atoms with van der Waals surface area (Å²) in [6.45, 7) is 1.94. The second-order valence-corrected chi connectivity index (χ2v) is 6.43. The Hall–Kier alpha value is -2.46. The van der Waals surface area contributed by atoms with Crippen LogP contribution in [0.3, 0.4) is 0 Å². The van der Waals surface area contributed by atoms with Gasteiger partial charge >= 0.3 is 0 Å². The minimum absolute atomic E-state index is 0.452. The number of halogens is 2. The van der Waals surface area contributed by atoms with E-state index in [2.05, 4.69) is 17.1 Å². The molecule has 1 N–H and O–H groups in total. The van der Waals surface area contributed by atoms with Crippen LogP contribution in [-0.4, -0.2) is 4.98 Å². The highest BCUT2D eigenvalue weighted by Crippen LogP contribution is 2.41. The molecule has 0 aliphatic carbocycles. The Morgan fingerprint density at radius 3 is 2.42 bits per heavy atom. The van der Waals surface area contributed by atoms with Crippen molar-refractivity contribution < 1.29 is 0 Å². The molecule has 0 fully saturated rings. The zero-order chi connectivity index (χ0) is 17.3. The van der Waals surface area contributed by atoms with E-state index in [0.717, 1.165) is 27.7 Å². The van der Waals surface area contributed by atoms with Crippen LogP contribution in [0.2, 0.25) is 10.0 Å². The van der Waals surface area contributed by atoms with Crippen molar-refractivity contribution in [1.82, 2.24) is 4.98 Å². The molecule has 0 saturated heterocycles.